The topological polar surface area (TPSA) is 37.8 Å². The van der Waals surface area contributed by atoms with Gasteiger partial charge in [-0.2, -0.15) is 0 Å². The predicted molar refractivity (Wildman–Crippen MR) is 64.2 cm³/mol. The molecular weight excluding hydrogens is 254 g/mol. The van der Waals surface area contributed by atoms with E-state index in [0.717, 1.165) is 21.5 Å². The van der Waals surface area contributed by atoms with Crippen LogP contribution in [0, 0.1) is 6.92 Å². The first-order valence-corrected chi connectivity index (χ1v) is 5.34. The van der Waals surface area contributed by atoms with Crippen molar-refractivity contribution in [3.05, 3.63) is 46.8 Å². The van der Waals surface area contributed by atoms with Gasteiger partial charge in [-0.3, -0.25) is 4.98 Å². The highest BCUT2D eigenvalue weighted by Crippen LogP contribution is 2.20. The van der Waals surface area contributed by atoms with Gasteiger partial charge in [-0.1, -0.05) is 0 Å². The van der Waals surface area contributed by atoms with E-state index in [-0.39, 0.29) is 0 Å². The maximum absolute atomic E-state index is 4.29. The molecule has 76 valence electrons. The van der Waals surface area contributed by atoms with Crippen molar-refractivity contribution < 1.29 is 0 Å². The van der Waals surface area contributed by atoms with Crippen LogP contribution in [0.3, 0.4) is 0 Å². The third-order valence-corrected chi connectivity index (χ3v) is 2.42. The minimum atomic E-state index is 0.865. The number of hydrogen-bond donors (Lipinski definition) is 1. The van der Waals surface area contributed by atoms with Crippen LogP contribution >= 0.6 is 15.9 Å². The van der Waals surface area contributed by atoms with Crippen LogP contribution < -0.4 is 5.32 Å². The standard InChI is InChI=1S/C11H10BrN3/c1-8-6-9(12)7-14-11(8)15-10-2-4-13-5-3-10/h2-7H,1H3,(H,13,14,15). The summed E-state index contributed by atoms with van der Waals surface area (Å²) in [5, 5.41) is 3.23. The molecule has 0 unspecified atom stereocenters. The third-order valence-electron chi connectivity index (χ3n) is 1.99. The summed E-state index contributed by atoms with van der Waals surface area (Å²) >= 11 is 3.38. The van der Waals surface area contributed by atoms with Crippen molar-refractivity contribution in [3.63, 3.8) is 0 Å². The molecule has 2 rings (SSSR count). The van der Waals surface area contributed by atoms with Crippen molar-refractivity contribution in [2.24, 2.45) is 0 Å². The van der Waals surface area contributed by atoms with Gasteiger partial charge in [0, 0.05) is 28.8 Å². The molecule has 0 atom stereocenters. The number of aryl methyl sites for hydroxylation is 1. The van der Waals surface area contributed by atoms with Crippen LogP contribution in [0.1, 0.15) is 5.56 Å². The van der Waals surface area contributed by atoms with Gasteiger partial charge in [0.1, 0.15) is 5.82 Å². The lowest BCUT2D eigenvalue weighted by Gasteiger charge is -2.07. The maximum atomic E-state index is 4.29. The van der Waals surface area contributed by atoms with Crippen molar-refractivity contribution in [2.45, 2.75) is 6.92 Å². The van der Waals surface area contributed by atoms with E-state index in [2.05, 4.69) is 31.2 Å². The predicted octanol–water partition coefficient (Wildman–Crippen LogP) is 3.29. The first-order valence-electron chi connectivity index (χ1n) is 4.55. The number of hydrogen-bond acceptors (Lipinski definition) is 3. The fourth-order valence-electron chi connectivity index (χ4n) is 1.24. The monoisotopic (exact) mass is 263 g/mol. The molecule has 2 aromatic rings. The summed E-state index contributed by atoms with van der Waals surface area (Å²) in [6.45, 7) is 2.02. The van der Waals surface area contributed by atoms with Crippen LogP contribution in [-0.4, -0.2) is 9.97 Å². The second kappa shape index (κ2) is 4.40. The Kier molecular flexibility index (Phi) is 2.97. The SMILES string of the molecule is Cc1cc(Br)cnc1Nc1ccncc1. The summed E-state index contributed by atoms with van der Waals surface area (Å²) < 4.78 is 0.986. The summed E-state index contributed by atoms with van der Waals surface area (Å²) in [5.41, 5.74) is 2.09. The van der Waals surface area contributed by atoms with Crippen LogP contribution in [0.2, 0.25) is 0 Å². The van der Waals surface area contributed by atoms with Crippen molar-refractivity contribution in [2.75, 3.05) is 5.32 Å². The molecule has 3 nitrogen and oxygen atoms in total. The molecule has 0 saturated heterocycles. The zero-order valence-corrected chi connectivity index (χ0v) is 9.82. The molecular formula is C11H10BrN3. The second-order valence-corrected chi connectivity index (χ2v) is 4.10. The molecule has 0 aliphatic heterocycles. The van der Waals surface area contributed by atoms with Crippen molar-refractivity contribution in [3.8, 4) is 0 Å². The van der Waals surface area contributed by atoms with E-state index in [1.54, 1.807) is 18.6 Å². The van der Waals surface area contributed by atoms with Gasteiger partial charge >= 0.3 is 0 Å². The number of halogens is 1. The number of rotatable bonds is 2. The summed E-state index contributed by atoms with van der Waals surface area (Å²) in [4.78, 5) is 8.25. The quantitative estimate of drug-likeness (QED) is 0.904. The molecule has 4 heteroatoms. The maximum Gasteiger partial charge on any atom is 0.133 e. The average molecular weight is 264 g/mol. The fourth-order valence-corrected chi connectivity index (χ4v) is 1.69. The molecule has 15 heavy (non-hydrogen) atoms. The van der Waals surface area contributed by atoms with E-state index in [0.29, 0.717) is 0 Å². The van der Waals surface area contributed by atoms with E-state index in [1.807, 2.05) is 25.1 Å². The van der Waals surface area contributed by atoms with E-state index in [9.17, 15) is 0 Å². The van der Waals surface area contributed by atoms with Gasteiger partial charge in [-0.15, -0.1) is 0 Å². The lowest BCUT2D eigenvalue weighted by molar-refractivity contribution is 1.23. The van der Waals surface area contributed by atoms with Crippen LogP contribution in [0.5, 0.6) is 0 Å². The van der Waals surface area contributed by atoms with E-state index in [1.165, 1.54) is 0 Å². The molecule has 0 aromatic carbocycles. The van der Waals surface area contributed by atoms with E-state index >= 15 is 0 Å². The van der Waals surface area contributed by atoms with Crippen LogP contribution in [0.25, 0.3) is 0 Å². The molecule has 0 aliphatic carbocycles. The van der Waals surface area contributed by atoms with Crippen LogP contribution in [0.4, 0.5) is 11.5 Å². The molecule has 0 spiro atoms. The lowest BCUT2D eigenvalue weighted by atomic mass is 10.3. The summed E-state index contributed by atoms with van der Waals surface area (Å²) in [6.07, 6.45) is 5.27. The minimum Gasteiger partial charge on any atom is -0.340 e. The van der Waals surface area contributed by atoms with Gasteiger partial charge < -0.3 is 5.32 Å². The fraction of sp³-hybridized carbons (Fsp3) is 0.0909. The number of aromatic nitrogens is 2. The average Bonchev–Trinajstić information content (AvgIpc) is 2.24. The Hall–Kier alpha value is -1.42. The molecule has 0 bridgehead atoms. The number of pyridine rings is 2. The Morgan fingerprint density at radius 2 is 2.00 bits per heavy atom. The smallest absolute Gasteiger partial charge is 0.133 e. The zero-order valence-electron chi connectivity index (χ0n) is 8.24. The molecule has 0 amide bonds. The second-order valence-electron chi connectivity index (χ2n) is 3.18. The Morgan fingerprint density at radius 3 is 2.67 bits per heavy atom. The van der Waals surface area contributed by atoms with E-state index in [4.69, 9.17) is 0 Å². The molecule has 0 saturated carbocycles. The van der Waals surface area contributed by atoms with Crippen molar-refractivity contribution in [1.82, 2.24) is 9.97 Å². The van der Waals surface area contributed by atoms with Crippen LogP contribution in [0.15, 0.2) is 41.3 Å². The minimum absolute atomic E-state index is 0.865. The largest absolute Gasteiger partial charge is 0.340 e. The molecule has 1 N–H and O–H groups in total. The van der Waals surface area contributed by atoms with Gasteiger partial charge in [0.05, 0.1) is 0 Å². The van der Waals surface area contributed by atoms with Crippen molar-refractivity contribution >= 4 is 27.4 Å². The molecule has 0 fully saturated rings. The Balaban J connectivity index is 2.25. The normalized spacial score (nSPS) is 10.0. The van der Waals surface area contributed by atoms with Gasteiger partial charge in [-0.05, 0) is 46.6 Å². The number of nitrogens with one attached hydrogen (secondary N) is 1. The first kappa shape index (κ1) is 10.1. The first-order chi connectivity index (χ1) is 7.25. The molecule has 0 radical (unpaired) electrons. The van der Waals surface area contributed by atoms with Gasteiger partial charge in [-0.25, -0.2) is 4.98 Å². The Bertz CT molecular complexity index is 457. The number of nitrogens with zero attached hydrogens (tertiary/aromatic N) is 2. The highest BCUT2D eigenvalue weighted by molar-refractivity contribution is 9.10. The highest BCUT2D eigenvalue weighted by atomic mass is 79.9. The van der Waals surface area contributed by atoms with Crippen LogP contribution in [-0.2, 0) is 0 Å². The zero-order chi connectivity index (χ0) is 10.7. The highest BCUT2D eigenvalue weighted by Gasteiger charge is 2.00. The lowest BCUT2D eigenvalue weighted by Crippen LogP contribution is -1.96. The summed E-state index contributed by atoms with van der Waals surface area (Å²) in [5.74, 6) is 0.865. The summed E-state index contributed by atoms with van der Waals surface area (Å²) in [6, 6.07) is 5.84. The van der Waals surface area contributed by atoms with Gasteiger partial charge in [0.25, 0.3) is 0 Å². The summed E-state index contributed by atoms with van der Waals surface area (Å²) in [7, 11) is 0. The molecule has 2 aromatic heterocycles. The number of anilines is 2. The Labute approximate surface area is 96.7 Å². The van der Waals surface area contributed by atoms with Gasteiger partial charge in [0.15, 0.2) is 0 Å². The van der Waals surface area contributed by atoms with E-state index < -0.39 is 0 Å². The molecule has 0 aliphatic rings. The third kappa shape index (κ3) is 2.53. The Morgan fingerprint density at radius 1 is 1.27 bits per heavy atom. The van der Waals surface area contributed by atoms with Crippen molar-refractivity contribution in [1.29, 1.82) is 0 Å². The molecule has 2 heterocycles. The van der Waals surface area contributed by atoms with Gasteiger partial charge in [0.2, 0.25) is 0 Å².